The lowest BCUT2D eigenvalue weighted by molar-refractivity contribution is -0.154. The molecule has 0 aromatic rings. The lowest BCUT2D eigenvalue weighted by Crippen LogP contribution is -2.50. The monoisotopic (exact) mass is 290 g/mol. The van der Waals surface area contributed by atoms with Gasteiger partial charge in [0.05, 0.1) is 24.7 Å². The molecule has 8 heteroatoms. The minimum atomic E-state index is -3.06. The van der Waals surface area contributed by atoms with Crippen LogP contribution in [0.5, 0.6) is 0 Å². The van der Waals surface area contributed by atoms with Crippen LogP contribution >= 0.6 is 0 Å². The Morgan fingerprint density at radius 2 is 1.89 bits per heavy atom. The van der Waals surface area contributed by atoms with Gasteiger partial charge in [0.2, 0.25) is 0 Å². The van der Waals surface area contributed by atoms with Gasteiger partial charge in [-0.2, -0.15) is 0 Å². The molecule has 108 valence electrons. The van der Waals surface area contributed by atoms with Crippen molar-refractivity contribution in [1.82, 2.24) is 9.80 Å². The molecule has 0 aliphatic carbocycles. The number of hydrogen-bond donors (Lipinski definition) is 0. The Morgan fingerprint density at radius 1 is 1.26 bits per heavy atom. The highest BCUT2D eigenvalue weighted by atomic mass is 32.2. The standard InChI is InChI=1S/C11H18N2O5S/c1-12(9-2-7-19(16,17)8-9)10(14)11(15)13-3-5-18-6-4-13/h9H,2-8H2,1H3. The number of ether oxygens (including phenoxy) is 1. The van der Waals surface area contributed by atoms with E-state index in [-0.39, 0.29) is 17.5 Å². The largest absolute Gasteiger partial charge is 0.378 e. The third-order valence-electron chi connectivity index (χ3n) is 3.56. The highest BCUT2D eigenvalue weighted by molar-refractivity contribution is 7.91. The van der Waals surface area contributed by atoms with E-state index in [9.17, 15) is 18.0 Å². The molecule has 2 aliphatic rings. The van der Waals surface area contributed by atoms with E-state index < -0.39 is 21.7 Å². The molecule has 2 fully saturated rings. The summed E-state index contributed by atoms with van der Waals surface area (Å²) in [6.07, 6.45) is 0.404. The van der Waals surface area contributed by atoms with Crippen LogP contribution in [0, 0.1) is 0 Å². The van der Waals surface area contributed by atoms with Gasteiger partial charge in [-0.15, -0.1) is 0 Å². The van der Waals surface area contributed by atoms with Crippen molar-refractivity contribution in [3.63, 3.8) is 0 Å². The number of hydrogen-bond acceptors (Lipinski definition) is 5. The minimum absolute atomic E-state index is 0.0500. The molecular weight excluding hydrogens is 272 g/mol. The molecule has 1 unspecified atom stereocenters. The fraction of sp³-hybridized carbons (Fsp3) is 0.818. The third kappa shape index (κ3) is 3.24. The van der Waals surface area contributed by atoms with E-state index >= 15 is 0 Å². The molecule has 2 rings (SSSR count). The summed E-state index contributed by atoms with van der Waals surface area (Å²) >= 11 is 0. The maximum Gasteiger partial charge on any atom is 0.312 e. The summed E-state index contributed by atoms with van der Waals surface area (Å²) in [7, 11) is -1.57. The SMILES string of the molecule is CN(C(=O)C(=O)N1CCOCC1)C1CCS(=O)(=O)C1. The Morgan fingerprint density at radius 3 is 2.42 bits per heavy atom. The van der Waals surface area contributed by atoms with Gasteiger partial charge in [-0.25, -0.2) is 8.42 Å². The summed E-state index contributed by atoms with van der Waals surface area (Å²) in [6, 6.07) is -0.387. The molecule has 2 saturated heterocycles. The summed E-state index contributed by atoms with van der Waals surface area (Å²) < 4.78 is 27.9. The number of amides is 2. The Balaban J connectivity index is 1.97. The van der Waals surface area contributed by atoms with Crippen molar-refractivity contribution in [1.29, 1.82) is 0 Å². The number of carbonyl (C=O) groups is 2. The predicted molar refractivity (Wildman–Crippen MR) is 67.2 cm³/mol. The van der Waals surface area contributed by atoms with Gasteiger partial charge in [0, 0.05) is 26.2 Å². The molecule has 0 bridgehead atoms. The molecule has 0 aromatic heterocycles. The summed E-state index contributed by atoms with van der Waals surface area (Å²) in [5, 5.41) is 0. The van der Waals surface area contributed by atoms with Crippen molar-refractivity contribution in [3.05, 3.63) is 0 Å². The van der Waals surface area contributed by atoms with Crippen molar-refractivity contribution >= 4 is 21.7 Å². The minimum Gasteiger partial charge on any atom is -0.378 e. The van der Waals surface area contributed by atoms with Crippen LogP contribution in [0.15, 0.2) is 0 Å². The summed E-state index contributed by atoms with van der Waals surface area (Å²) in [5.41, 5.74) is 0. The van der Waals surface area contributed by atoms with Crippen molar-refractivity contribution < 1.29 is 22.7 Å². The molecule has 2 amide bonds. The summed E-state index contributed by atoms with van der Waals surface area (Å²) in [5.74, 6) is -1.17. The number of rotatable bonds is 1. The summed E-state index contributed by atoms with van der Waals surface area (Å²) in [6.45, 7) is 1.67. The maximum atomic E-state index is 12.0. The first-order valence-electron chi connectivity index (χ1n) is 6.25. The molecule has 1 atom stereocenters. The molecular formula is C11H18N2O5S. The second-order valence-corrected chi connectivity index (χ2v) is 7.11. The second kappa shape index (κ2) is 5.46. The number of carbonyl (C=O) groups excluding carboxylic acids is 2. The van der Waals surface area contributed by atoms with E-state index in [4.69, 9.17) is 4.74 Å². The molecule has 0 saturated carbocycles. The van der Waals surface area contributed by atoms with Crippen molar-refractivity contribution in [2.75, 3.05) is 44.9 Å². The van der Waals surface area contributed by atoms with E-state index in [0.717, 1.165) is 0 Å². The third-order valence-corrected chi connectivity index (χ3v) is 5.31. The van der Waals surface area contributed by atoms with Gasteiger partial charge >= 0.3 is 11.8 Å². The van der Waals surface area contributed by atoms with Gasteiger partial charge in [-0.05, 0) is 6.42 Å². The van der Waals surface area contributed by atoms with Crippen LogP contribution in [-0.2, 0) is 24.2 Å². The molecule has 2 aliphatic heterocycles. The fourth-order valence-corrected chi connectivity index (χ4v) is 4.07. The quantitative estimate of drug-likeness (QED) is 0.548. The lowest BCUT2D eigenvalue weighted by Gasteiger charge is -2.29. The van der Waals surface area contributed by atoms with Crippen LogP contribution in [0.1, 0.15) is 6.42 Å². The zero-order valence-electron chi connectivity index (χ0n) is 10.9. The highest BCUT2D eigenvalue weighted by Crippen LogP contribution is 2.17. The topological polar surface area (TPSA) is 84.0 Å². The number of morpholine rings is 1. The van der Waals surface area contributed by atoms with E-state index in [2.05, 4.69) is 0 Å². The molecule has 19 heavy (non-hydrogen) atoms. The first-order chi connectivity index (χ1) is 8.91. The average Bonchev–Trinajstić information content (AvgIpc) is 2.77. The van der Waals surface area contributed by atoms with Crippen molar-refractivity contribution in [2.24, 2.45) is 0 Å². The molecule has 2 heterocycles. The molecule has 0 spiro atoms. The normalized spacial score (nSPS) is 26.2. The van der Waals surface area contributed by atoms with Gasteiger partial charge in [-0.3, -0.25) is 9.59 Å². The van der Waals surface area contributed by atoms with Crippen molar-refractivity contribution in [2.45, 2.75) is 12.5 Å². The van der Waals surface area contributed by atoms with E-state index in [0.29, 0.717) is 32.7 Å². The molecule has 0 radical (unpaired) electrons. The van der Waals surface area contributed by atoms with Crippen LogP contribution in [0.25, 0.3) is 0 Å². The Bertz CT molecular complexity index is 469. The first kappa shape index (κ1) is 14.3. The zero-order chi connectivity index (χ0) is 14.0. The van der Waals surface area contributed by atoms with E-state index in [1.54, 1.807) is 0 Å². The van der Waals surface area contributed by atoms with Gasteiger partial charge in [-0.1, -0.05) is 0 Å². The van der Waals surface area contributed by atoms with Crippen molar-refractivity contribution in [3.8, 4) is 0 Å². The number of likely N-dealkylation sites (N-methyl/N-ethyl adjacent to an activating group) is 1. The Hall–Kier alpha value is -1.15. The van der Waals surface area contributed by atoms with Crippen LogP contribution in [0.4, 0.5) is 0 Å². The van der Waals surface area contributed by atoms with Crippen LogP contribution < -0.4 is 0 Å². The van der Waals surface area contributed by atoms with Gasteiger partial charge in [0.15, 0.2) is 9.84 Å². The van der Waals surface area contributed by atoms with Gasteiger partial charge in [0.25, 0.3) is 0 Å². The van der Waals surface area contributed by atoms with Gasteiger partial charge in [0.1, 0.15) is 0 Å². The van der Waals surface area contributed by atoms with Crippen LogP contribution in [0.3, 0.4) is 0 Å². The Kier molecular flexibility index (Phi) is 4.10. The van der Waals surface area contributed by atoms with Crippen LogP contribution in [0.2, 0.25) is 0 Å². The highest BCUT2D eigenvalue weighted by Gasteiger charge is 2.36. The maximum absolute atomic E-state index is 12.0. The number of sulfone groups is 1. The predicted octanol–water partition coefficient (Wildman–Crippen LogP) is -1.51. The molecule has 7 nitrogen and oxygen atoms in total. The smallest absolute Gasteiger partial charge is 0.312 e. The lowest BCUT2D eigenvalue weighted by atomic mass is 10.2. The summed E-state index contributed by atoms with van der Waals surface area (Å²) in [4.78, 5) is 26.7. The fourth-order valence-electron chi connectivity index (χ4n) is 2.30. The molecule has 0 N–H and O–H groups in total. The Labute approximate surface area is 112 Å². The second-order valence-electron chi connectivity index (χ2n) is 4.88. The van der Waals surface area contributed by atoms with E-state index in [1.807, 2.05) is 0 Å². The molecule has 0 aromatic carbocycles. The van der Waals surface area contributed by atoms with Crippen LogP contribution in [-0.4, -0.2) is 80.9 Å². The van der Waals surface area contributed by atoms with E-state index in [1.165, 1.54) is 16.8 Å². The first-order valence-corrected chi connectivity index (χ1v) is 8.07. The average molecular weight is 290 g/mol. The number of nitrogens with zero attached hydrogens (tertiary/aromatic N) is 2. The van der Waals surface area contributed by atoms with Gasteiger partial charge < -0.3 is 14.5 Å². The zero-order valence-corrected chi connectivity index (χ0v) is 11.7.